The fourth-order valence-electron chi connectivity index (χ4n) is 1.55. The van der Waals surface area contributed by atoms with Gasteiger partial charge in [-0.1, -0.05) is 6.92 Å². The standard InChI is InChI=1S/C11H13N5O3S/c1-7(4-15-5-9(3-12-15)16(18)19)10(17)14-11-13-8(2)6-20-11/h3,5-7H,4H2,1-2H3,(H,13,14,17). The smallest absolute Gasteiger partial charge is 0.302 e. The Kier molecular flexibility index (Phi) is 4.08. The summed E-state index contributed by atoms with van der Waals surface area (Å²) in [7, 11) is 0. The number of carbonyl (C=O) groups excluding carboxylic acids is 1. The van der Waals surface area contributed by atoms with Crippen molar-refractivity contribution in [1.82, 2.24) is 14.8 Å². The lowest BCUT2D eigenvalue weighted by Gasteiger charge is -2.10. The molecular weight excluding hydrogens is 282 g/mol. The lowest BCUT2D eigenvalue weighted by molar-refractivity contribution is -0.385. The van der Waals surface area contributed by atoms with E-state index in [1.165, 1.54) is 22.2 Å². The van der Waals surface area contributed by atoms with Crippen LogP contribution in [0.25, 0.3) is 0 Å². The molecule has 20 heavy (non-hydrogen) atoms. The van der Waals surface area contributed by atoms with Crippen molar-refractivity contribution in [3.8, 4) is 0 Å². The van der Waals surface area contributed by atoms with Gasteiger partial charge in [-0.3, -0.25) is 19.6 Å². The van der Waals surface area contributed by atoms with Gasteiger partial charge in [0, 0.05) is 5.38 Å². The van der Waals surface area contributed by atoms with Gasteiger partial charge >= 0.3 is 5.69 Å². The number of nitrogens with zero attached hydrogens (tertiary/aromatic N) is 4. The molecule has 2 heterocycles. The topological polar surface area (TPSA) is 103 Å². The van der Waals surface area contributed by atoms with Crippen molar-refractivity contribution < 1.29 is 9.72 Å². The van der Waals surface area contributed by atoms with Crippen molar-refractivity contribution in [1.29, 1.82) is 0 Å². The second-order valence-electron chi connectivity index (χ2n) is 4.36. The number of hydrogen-bond acceptors (Lipinski definition) is 6. The second kappa shape index (κ2) is 5.78. The SMILES string of the molecule is Cc1csc(NC(=O)C(C)Cn2cc([N+](=O)[O-])cn2)n1. The molecule has 2 aromatic heterocycles. The first-order valence-electron chi connectivity index (χ1n) is 5.85. The lowest BCUT2D eigenvalue weighted by Crippen LogP contribution is -2.24. The Morgan fingerprint density at radius 3 is 2.95 bits per heavy atom. The highest BCUT2D eigenvalue weighted by molar-refractivity contribution is 7.13. The number of nitrogens with one attached hydrogen (secondary N) is 1. The van der Waals surface area contributed by atoms with Crippen LogP contribution in [0.4, 0.5) is 10.8 Å². The van der Waals surface area contributed by atoms with Gasteiger partial charge in [0.1, 0.15) is 12.4 Å². The summed E-state index contributed by atoms with van der Waals surface area (Å²) in [4.78, 5) is 26.1. The number of rotatable bonds is 5. The van der Waals surface area contributed by atoms with Gasteiger partial charge in [-0.25, -0.2) is 4.98 Å². The Morgan fingerprint density at radius 2 is 2.40 bits per heavy atom. The molecule has 0 saturated carbocycles. The molecule has 0 aliphatic carbocycles. The third-order valence-electron chi connectivity index (χ3n) is 2.59. The molecule has 0 aliphatic rings. The predicted molar refractivity (Wildman–Crippen MR) is 73.5 cm³/mol. The zero-order valence-electron chi connectivity index (χ0n) is 10.9. The van der Waals surface area contributed by atoms with Gasteiger partial charge in [-0.05, 0) is 6.92 Å². The molecule has 0 aliphatic heterocycles. The Hall–Kier alpha value is -2.29. The fraction of sp³-hybridized carbons (Fsp3) is 0.364. The van der Waals surface area contributed by atoms with Crippen molar-refractivity contribution in [2.24, 2.45) is 5.92 Å². The largest absolute Gasteiger partial charge is 0.306 e. The highest BCUT2D eigenvalue weighted by Gasteiger charge is 2.17. The van der Waals surface area contributed by atoms with Crippen LogP contribution in [-0.4, -0.2) is 25.6 Å². The molecule has 0 spiro atoms. The van der Waals surface area contributed by atoms with Crippen LogP contribution in [0, 0.1) is 23.0 Å². The molecule has 106 valence electrons. The predicted octanol–water partition coefficient (Wildman–Crippen LogP) is 1.83. The Labute approximate surface area is 118 Å². The molecule has 0 aromatic carbocycles. The van der Waals surface area contributed by atoms with Crippen LogP contribution in [0.2, 0.25) is 0 Å². The van der Waals surface area contributed by atoms with Crippen LogP contribution in [0.15, 0.2) is 17.8 Å². The van der Waals surface area contributed by atoms with Crippen LogP contribution in [0.5, 0.6) is 0 Å². The molecule has 8 nitrogen and oxygen atoms in total. The fourth-order valence-corrected chi connectivity index (χ4v) is 2.24. The van der Waals surface area contributed by atoms with Crippen LogP contribution in [0.3, 0.4) is 0 Å². The van der Waals surface area contributed by atoms with Gasteiger partial charge in [0.2, 0.25) is 5.91 Å². The summed E-state index contributed by atoms with van der Waals surface area (Å²) < 4.78 is 1.38. The second-order valence-corrected chi connectivity index (χ2v) is 5.22. The first-order valence-corrected chi connectivity index (χ1v) is 6.73. The van der Waals surface area contributed by atoms with Crippen LogP contribution in [0.1, 0.15) is 12.6 Å². The number of nitro groups is 1. The highest BCUT2D eigenvalue weighted by Crippen LogP contribution is 2.16. The Balaban J connectivity index is 1.94. The van der Waals surface area contributed by atoms with Crippen molar-refractivity contribution in [2.45, 2.75) is 20.4 Å². The molecule has 1 amide bonds. The van der Waals surface area contributed by atoms with E-state index in [-0.39, 0.29) is 24.1 Å². The molecule has 1 N–H and O–H groups in total. The summed E-state index contributed by atoms with van der Waals surface area (Å²) in [5, 5.41) is 19.5. The van der Waals surface area contributed by atoms with E-state index >= 15 is 0 Å². The molecule has 1 atom stereocenters. The average molecular weight is 295 g/mol. The van der Waals surface area contributed by atoms with Crippen molar-refractivity contribution in [3.63, 3.8) is 0 Å². The van der Waals surface area contributed by atoms with Crippen molar-refractivity contribution >= 4 is 28.1 Å². The number of anilines is 1. The van der Waals surface area contributed by atoms with Gasteiger partial charge in [-0.2, -0.15) is 5.10 Å². The number of hydrogen-bond donors (Lipinski definition) is 1. The van der Waals surface area contributed by atoms with Gasteiger partial charge < -0.3 is 5.32 Å². The zero-order valence-corrected chi connectivity index (χ0v) is 11.8. The summed E-state index contributed by atoms with van der Waals surface area (Å²) in [5.74, 6) is -0.573. The normalized spacial score (nSPS) is 12.1. The first kappa shape index (κ1) is 14.1. The van der Waals surface area contributed by atoms with E-state index in [2.05, 4.69) is 15.4 Å². The minimum Gasteiger partial charge on any atom is -0.302 e. The van der Waals surface area contributed by atoms with E-state index < -0.39 is 4.92 Å². The summed E-state index contributed by atoms with van der Waals surface area (Å²) in [6.45, 7) is 3.84. The van der Waals surface area contributed by atoms with Crippen LogP contribution < -0.4 is 5.32 Å². The Bertz CT molecular complexity index is 636. The van der Waals surface area contributed by atoms with Crippen LogP contribution in [-0.2, 0) is 11.3 Å². The summed E-state index contributed by atoms with van der Waals surface area (Å²) in [6.07, 6.45) is 2.46. The minimum absolute atomic E-state index is 0.0897. The summed E-state index contributed by atoms with van der Waals surface area (Å²) in [5.41, 5.74) is 0.758. The highest BCUT2D eigenvalue weighted by atomic mass is 32.1. The van der Waals surface area contributed by atoms with Gasteiger partial charge in [0.25, 0.3) is 0 Å². The number of aromatic nitrogens is 3. The van der Waals surface area contributed by atoms with E-state index in [1.54, 1.807) is 6.92 Å². The molecule has 2 aromatic rings. The maximum atomic E-state index is 11.9. The molecule has 0 saturated heterocycles. The van der Waals surface area contributed by atoms with E-state index in [9.17, 15) is 14.9 Å². The third kappa shape index (κ3) is 3.38. The van der Waals surface area contributed by atoms with Crippen LogP contribution >= 0.6 is 11.3 Å². The average Bonchev–Trinajstić information content (AvgIpc) is 2.98. The molecule has 0 radical (unpaired) electrons. The molecule has 2 rings (SSSR count). The number of carbonyl (C=O) groups is 1. The Morgan fingerprint density at radius 1 is 1.65 bits per heavy atom. The van der Waals surface area contributed by atoms with Crippen molar-refractivity contribution in [2.75, 3.05) is 5.32 Å². The van der Waals surface area contributed by atoms with E-state index in [0.29, 0.717) is 5.13 Å². The van der Waals surface area contributed by atoms with Crippen molar-refractivity contribution in [3.05, 3.63) is 33.6 Å². The van der Waals surface area contributed by atoms with Gasteiger partial charge in [0.15, 0.2) is 5.13 Å². The molecule has 1 unspecified atom stereocenters. The zero-order chi connectivity index (χ0) is 14.7. The molecule has 9 heteroatoms. The van der Waals surface area contributed by atoms with Gasteiger partial charge in [-0.15, -0.1) is 11.3 Å². The maximum Gasteiger partial charge on any atom is 0.306 e. The quantitative estimate of drug-likeness (QED) is 0.669. The first-order chi connectivity index (χ1) is 9.45. The van der Waals surface area contributed by atoms with E-state index in [0.717, 1.165) is 11.9 Å². The molecular formula is C11H13N5O3S. The summed E-state index contributed by atoms with van der Waals surface area (Å²) >= 11 is 1.35. The summed E-state index contributed by atoms with van der Waals surface area (Å²) in [6, 6.07) is 0. The monoisotopic (exact) mass is 295 g/mol. The maximum absolute atomic E-state index is 11.9. The number of thiazole rings is 1. The van der Waals surface area contributed by atoms with Gasteiger partial charge in [0.05, 0.1) is 23.1 Å². The minimum atomic E-state index is -0.521. The molecule has 0 bridgehead atoms. The number of amides is 1. The van der Waals surface area contributed by atoms with E-state index in [4.69, 9.17) is 0 Å². The number of aryl methyl sites for hydroxylation is 1. The lowest BCUT2D eigenvalue weighted by atomic mass is 10.1. The van der Waals surface area contributed by atoms with E-state index in [1.807, 2.05) is 12.3 Å². The molecule has 0 fully saturated rings. The third-order valence-corrected chi connectivity index (χ3v) is 3.46.